The van der Waals surface area contributed by atoms with Gasteiger partial charge in [0.2, 0.25) is 0 Å². The van der Waals surface area contributed by atoms with E-state index in [9.17, 15) is 9.59 Å². The lowest BCUT2D eigenvalue weighted by atomic mass is 9.83. The van der Waals surface area contributed by atoms with Crippen molar-refractivity contribution in [1.82, 2.24) is 14.8 Å². The second-order valence-corrected chi connectivity index (χ2v) is 8.28. The summed E-state index contributed by atoms with van der Waals surface area (Å²) in [6, 6.07) is 5.08. The molecule has 2 aliphatic heterocycles. The molecule has 0 aromatic carbocycles. The zero-order chi connectivity index (χ0) is 18.7. The molecule has 0 aliphatic carbocycles. The summed E-state index contributed by atoms with van der Waals surface area (Å²) < 4.78 is 6.81. The highest BCUT2D eigenvalue weighted by Gasteiger charge is 2.36. The molecular formula is C18H25N3O3S2. The minimum absolute atomic E-state index is 0.0779. The SMILES string of the molecule is COC(=O)[C@H](CCSC)NC(=S)N1C[C@H]2C[C@@H](C1)c1cccc(=O)n1C2. The van der Waals surface area contributed by atoms with Crippen molar-refractivity contribution >= 4 is 35.1 Å². The first-order chi connectivity index (χ1) is 12.5. The number of rotatable bonds is 5. The summed E-state index contributed by atoms with van der Waals surface area (Å²) in [5.74, 6) is 1.26. The number of pyridine rings is 1. The fraction of sp³-hybridized carbons (Fsp3) is 0.611. The van der Waals surface area contributed by atoms with Gasteiger partial charge >= 0.3 is 5.97 Å². The number of methoxy groups -OCH3 is 1. The summed E-state index contributed by atoms with van der Waals surface area (Å²) in [6.45, 7) is 2.30. The fourth-order valence-corrected chi connectivity index (χ4v) is 4.69. The number of nitrogens with one attached hydrogen (secondary N) is 1. The Morgan fingerprint density at radius 1 is 1.42 bits per heavy atom. The first-order valence-electron chi connectivity index (χ1n) is 8.85. The molecule has 3 heterocycles. The lowest BCUT2D eigenvalue weighted by molar-refractivity contribution is -0.142. The number of hydrogen-bond donors (Lipinski definition) is 1. The zero-order valence-corrected chi connectivity index (χ0v) is 16.8. The van der Waals surface area contributed by atoms with E-state index < -0.39 is 6.04 Å². The number of esters is 1. The van der Waals surface area contributed by atoms with Gasteiger partial charge in [-0.2, -0.15) is 11.8 Å². The van der Waals surface area contributed by atoms with Gasteiger partial charge in [-0.1, -0.05) is 6.07 Å². The van der Waals surface area contributed by atoms with Crippen molar-refractivity contribution < 1.29 is 9.53 Å². The number of hydrogen-bond acceptors (Lipinski definition) is 5. The second kappa shape index (κ2) is 8.43. The smallest absolute Gasteiger partial charge is 0.328 e. The lowest BCUT2D eigenvalue weighted by Crippen LogP contribution is -2.54. The van der Waals surface area contributed by atoms with Gasteiger partial charge in [-0.15, -0.1) is 0 Å². The summed E-state index contributed by atoms with van der Waals surface area (Å²) in [7, 11) is 1.40. The molecule has 3 rings (SSSR count). The van der Waals surface area contributed by atoms with Gasteiger partial charge in [0, 0.05) is 37.3 Å². The summed E-state index contributed by atoms with van der Waals surface area (Å²) >= 11 is 7.29. The average Bonchev–Trinajstić information content (AvgIpc) is 2.65. The van der Waals surface area contributed by atoms with Crippen molar-refractivity contribution in [3.63, 3.8) is 0 Å². The van der Waals surface area contributed by atoms with Crippen molar-refractivity contribution in [2.24, 2.45) is 5.92 Å². The third kappa shape index (κ3) is 4.06. The van der Waals surface area contributed by atoms with Crippen LogP contribution < -0.4 is 10.9 Å². The quantitative estimate of drug-likeness (QED) is 0.598. The van der Waals surface area contributed by atoms with Crippen LogP contribution >= 0.6 is 24.0 Å². The molecule has 8 heteroatoms. The van der Waals surface area contributed by atoms with E-state index >= 15 is 0 Å². The van der Waals surface area contributed by atoms with Gasteiger partial charge in [0.25, 0.3) is 5.56 Å². The molecule has 2 aliphatic rings. The topological polar surface area (TPSA) is 63.6 Å². The number of aromatic nitrogens is 1. The number of piperidine rings is 1. The Morgan fingerprint density at radius 2 is 2.23 bits per heavy atom. The van der Waals surface area contributed by atoms with Crippen LogP contribution in [0.3, 0.4) is 0 Å². The van der Waals surface area contributed by atoms with Crippen LogP contribution in [0.15, 0.2) is 23.0 Å². The van der Waals surface area contributed by atoms with Crippen LogP contribution in [-0.2, 0) is 16.1 Å². The van der Waals surface area contributed by atoms with E-state index in [2.05, 4.69) is 10.2 Å². The molecule has 1 aromatic heterocycles. The lowest BCUT2D eigenvalue weighted by Gasteiger charge is -2.44. The van der Waals surface area contributed by atoms with Gasteiger partial charge in [0.1, 0.15) is 6.04 Å². The highest BCUT2D eigenvalue weighted by atomic mass is 32.2. The molecule has 0 saturated carbocycles. The molecule has 2 bridgehead atoms. The maximum atomic E-state index is 12.1. The minimum atomic E-state index is -0.420. The number of thiocarbonyl (C=S) groups is 1. The molecule has 1 saturated heterocycles. The van der Waals surface area contributed by atoms with Crippen molar-refractivity contribution in [2.75, 3.05) is 32.2 Å². The number of carbonyl (C=O) groups is 1. The van der Waals surface area contributed by atoms with Gasteiger partial charge in [-0.05, 0) is 49.1 Å². The number of nitrogens with zero attached hydrogens (tertiary/aromatic N) is 2. The summed E-state index contributed by atoms with van der Waals surface area (Å²) in [5.41, 5.74) is 1.17. The first kappa shape index (κ1) is 19.2. The molecular weight excluding hydrogens is 370 g/mol. The predicted octanol–water partition coefficient (Wildman–Crippen LogP) is 1.44. The molecule has 0 unspecified atom stereocenters. The zero-order valence-electron chi connectivity index (χ0n) is 15.1. The third-order valence-electron chi connectivity index (χ3n) is 5.16. The Morgan fingerprint density at radius 3 is 2.96 bits per heavy atom. The van der Waals surface area contributed by atoms with E-state index in [1.54, 1.807) is 17.8 Å². The van der Waals surface area contributed by atoms with Crippen LogP contribution in [0.1, 0.15) is 24.5 Å². The number of ether oxygens (including phenoxy) is 1. The van der Waals surface area contributed by atoms with E-state index in [1.165, 1.54) is 7.11 Å². The number of likely N-dealkylation sites (tertiary alicyclic amines) is 1. The van der Waals surface area contributed by atoms with Crippen molar-refractivity contribution in [1.29, 1.82) is 0 Å². The molecule has 3 atom stereocenters. The maximum absolute atomic E-state index is 12.1. The van der Waals surface area contributed by atoms with E-state index in [0.717, 1.165) is 37.5 Å². The van der Waals surface area contributed by atoms with E-state index in [0.29, 0.717) is 23.4 Å². The normalized spacial score (nSPS) is 22.3. The number of fused-ring (bicyclic) bond motifs is 4. The van der Waals surface area contributed by atoms with Crippen LogP contribution in [0.5, 0.6) is 0 Å². The van der Waals surface area contributed by atoms with Gasteiger partial charge < -0.3 is 19.5 Å². The highest BCUT2D eigenvalue weighted by molar-refractivity contribution is 7.98. The Hall–Kier alpha value is -1.54. The Balaban J connectivity index is 1.70. The Labute approximate surface area is 163 Å². The fourth-order valence-electron chi connectivity index (χ4n) is 3.93. The summed E-state index contributed by atoms with van der Waals surface area (Å²) in [4.78, 5) is 26.3. The van der Waals surface area contributed by atoms with E-state index in [4.69, 9.17) is 17.0 Å². The van der Waals surface area contributed by atoms with Gasteiger partial charge in [0.05, 0.1) is 7.11 Å². The summed E-state index contributed by atoms with van der Waals surface area (Å²) in [6.07, 6.45) is 3.76. The van der Waals surface area contributed by atoms with Crippen LogP contribution in [-0.4, -0.2) is 58.8 Å². The standard InChI is InChI=1S/C18H25N3O3S2/c1-24-17(23)14(6-7-26-2)19-18(25)20-9-12-8-13(11-20)15-4-3-5-16(22)21(15)10-12/h3-5,12-14H,6-11H2,1-2H3,(H,19,25)/t12-,13+,14+/m1/s1. The maximum Gasteiger partial charge on any atom is 0.328 e. The van der Waals surface area contributed by atoms with Crippen LogP contribution in [0.25, 0.3) is 0 Å². The van der Waals surface area contributed by atoms with Crippen molar-refractivity contribution in [3.8, 4) is 0 Å². The van der Waals surface area contributed by atoms with Crippen molar-refractivity contribution in [2.45, 2.75) is 31.3 Å². The Bertz CT molecular complexity index is 737. The molecule has 1 N–H and O–H groups in total. The highest BCUT2D eigenvalue weighted by Crippen LogP contribution is 2.34. The van der Waals surface area contributed by atoms with E-state index in [-0.39, 0.29) is 11.5 Å². The van der Waals surface area contributed by atoms with E-state index in [1.807, 2.05) is 23.0 Å². The van der Waals surface area contributed by atoms with Crippen LogP contribution in [0.2, 0.25) is 0 Å². The number of thioether (sulfide) groups is 1. The molecule has 0 radical (unpaired) electrons. The molecule has 26 heavy (non-hydrogen) atoms. The second-order valence-electron chi connectivity index (χ2n) is 6.91. The average molecular weight is 396 g/mol. The molecule has 1 fully saturated rings. The van der Waals surface area contributed by atoms with Crippen LogP contribution in [0, 0.1) is 5.92 Å². The number of carbonyl (C=O) groups excluding carboxylic acids is 1. The third-order valence-corrected chi connectivity index (χ3v) is 6.18. The Kier molecular flexibility index (Phi) is 6.24. The summed E-state index contributed by atoms with van der Waals surface area (Å²) in [5, 5.41) is 3.80. The van der Waals surface area contributed by atoms with Gasteiger partial charge in [-0.3, -0.25) is 4.79 Å². The molecule has 0 amide bonds. The first-order valence-corrected chi connectivity index (χ1v) is 10.7. The minimum Gasteiger partial charge on any atom is -0.467 e. The molecule has 1 aromatic rings. The monoisotopic (exact) mass is 395 g/mol. The largest absolute Gasteiger partial charge is 0.467 e. The molecule has 0 spiro atoms. The van der Waals surface area contributed by atoms with Gasteiger partial charge in [0.15, 0.2) is 5.11 Å². The van der Waals surface area contributed by atoms with Gasteiger partial charge in [-0.25, -0.2) is 4.79 Å². The predicted molar refractivity (Wildman–Crippen MR) is 108 cm³/mol. The van der Waals surface area contributed by atoms with Crippen LogP contribution in [0.4, 0.5) is 0 Å². The van der Waals surface area contributed by atoms with Crippen molar-refractivity contribution in [3.05, 3.63) is 34.2 Å². The molecule has 142 valence electrons. The molecule has 6 nitrogen and oxygen atoms in total.